The third-order valence-electron chi connectivity index (χ3n) is 23.5. The summed E-state index contributed by atoms with van der Waals surface area (Å²) < 4.78 is 7.83. The first-order chi connectivity index (χ1) is 57.4. The van der Waals surface area contributed by atoms with Crippen LogP contribution in [0.1, 0.15) is 0 Å². The van der Waals surface area contributed by atoms with E-state index in [0.29, 0.717) is 0 Å². The standard InChI is InChI=1S/C110H70N2S4/c1-3-39-90-70(21-1)23-18-44-92(90)81-31-16-37-87(64-81)111(84-34-13-27-74(61-84)77-52-57-105-101(66-77)96-42-6-9-49-104(96)113-105)83-33-12-26-73(60-83)72-25-11-30-80(59-72)94-46-20-47-100-98-56-54-89(69-107(98)115-110(94)100)116-108-50-10-7-43-99(108)102-67-78(53-58-109(102)116)75-28-14-35-85(62-75)112(88-38-17-32-82(65-88)93-45-19-24-71-22-2-4-40-91(71)93)86-36-15-29-76(63-86)79-51-55-97-95-41-5-8-48-103(95)114-106(97)68-79/h1-69,116H. The molecule has 22 aromatic rings. The van der Waals surface area contributed by atoms with Crippen LogP contribution in [-0.2, 0) is 0 Å². The maximum atomic E-state index is 2.52. The van der Waals surface area contributed by atoms with Gasteiger partial charge in [-0.1, -0.05) is 279 Å². The number of hydrogen-bond donors (Lipinski definition) is 1. The lowest BCUT2D eigenvalue weighted by molar-refractivity contribution is 1.28. The van der Waals surface area contributed by atoms with E-state index in [1.54, 1.807) is 0 Å². The summed E-state index contributed by atoms with van der Waals surface area (Å²) in [6.07, 6.45) is 0. The lowest BCUT2D eigenvalue weighted by Crippen LogP contribution is -2.10. The van der Waals surface area contributed by atoms with Crippen LogP contribution >= 0.6 is 44.9 Å². The summed E-state index contributed by atoms with van der Waals surface area (Å²) in [5, 5.41) is 12.7. The van der Waals surface area contributed by atoms with E-state index in [9.17, 15) is 0 Å². The summed E-state index contributed by atoms with van der Waals surface area (Å²) in [6.45, 7) is 0. The number of rotatable bonds is 14. The number of hydrogen-bond acceptors (Lipinski definition) is 5. The maximum absolute atomic E-state index is 2.52. The molecule has 116 heavy (non-hydrogen) atoms. The molecular weight excluding hydrogens is 1480 g/mol. The van der Waals surface area contributed by atoms with Crippen LogP contribution in [0.5, 0.6) is 0 Å². The fraction of sp³-hybridized carbons (Fsp3) is 0. The second-order valence-corrected chi connectivity index (χ2v) is 35.6. The molecule has 1 aliphatic heterocycles. The van der Waals surface area contributed by atoms with Crippen LogP contribution in [0.2, 0.25) is 0 Å². The van der Waals surface area contributed by atoms with Crippen molar-refractivity contribution in [2.45, 2.75) is 14.7 Å². The predicted octanol–water partition coefficient (Wildman–Crippen LogP) is 33.2. The molecule has 0 fully saturated rings. The molecule has 0 bridgehead atoms. The number of benzene rings is 19. The number of nitrogens with zero attached hydrogens (tertiary/aromatic N) is 2. The Bertz CT molecular complexity index is 7720. The summed E-state index contributed by atoms with van der Waals surface area (Å²) in [5.74, 6) is 0. The van der Waals surface area contributed by atoms with E-state index in [1.165, 1.54) is 175 Å². The average Bonchev–Trinajstić information content (AvgIpc) is 1.58. The van der Waals surface area contributed by atoms with E-state index < -0.39 is 10.9 Å². The van der Waals surface area contributed by atoms with Gasteiger partial charge >= 0.3 is 0 Å². The van der Waals surface area contributed by atoms with Crippen LogP contribution < -0.4 is 9.80 Å². The summed E-state index contributed by atoms with van der Waals surface area (Å²) in [5.41, 5.74) is 25.8. The Labute approximate surface area is 687 Å². The Balaban J connectivity index is 0.578. The molecule has 1 unspecified atom stereocenters. The average molecular weight is 1550 g/mol. The van der Waals surface area contributed by atoms with Gasteiger partial charge in [-0.2, -0.15) is 10.9 Å². The van der Waals surface area contributed by atoms with Gasteiger partial charge in [-0.15, -0.1) is 34.0 Å². The van der Waals surface area contributed by atoms with Crippen molar-refractivity contribution in [3.63, 3.8) is 0 Å². The largest absolute Gasteiger partial charge is 0.310 e. The summed E-state index contributed by atoms with van der Waals surface area (Å²) in [4.78, 5) is 9.05. The van der Waals surface area contributed by atoms with Crippen molar-refractivity contribution in [3.05, 3.63) is 419 Å². The molecule has 0 amide bonds. The second-order valence-electron chi connectivity index (χ2n) is 30.3. The lowest BCUT2D eigenvalue weighted by atomic mass is 9.96. The van der Waals surface area contributed by atoms with E-state index >= 15 is 0 Å². The molecule has 0 saturated heterocycles. The van der Waals surface area contributed by atoms with Gasteiger partial charge in [0.1, 0.15) is 0 Å². The summed E-state index contributed by atoms with van der Waals surface area (Å²) >= 11 is 5.65. The molecule has 544 valence electrons. The molecule has 2 nitrogen and oxygen atoms in total. The van der Waals surface area contributed by atoms with E-state index in [1.807, 2.05) is 34.0 Å². The molecular formula is C110H70N2S4. The van der Waals surface area contributed by atoms with Crippen molar-refractivity contribution in [3.8, 4) is 89.0 Å². The quantitative estimate of drug-likeness (QED) is 0.108. The SMILES string of the molecule is c1cc(-c2cccc(N(c3cccc(-c4ccc5sc6ccccc6c5c4)c3)c3cccc(-c4cccc5ccccc45)c3)c2)cc(-c2cccc3c2sc2cc([SH]4c5ccccc5-c5cc(-c6cccc(N(c7cccc(-c8ccc9c(c8)sc8ccccc89)c7)c7cccc(-c8cccc9ccccc89)c7)c6)ccc54)ccc23)c1. The van der Waals surface area contributed by atoms with Crippen molar-refractivity contribution in [1.29, 1.82) is 0 Å². The first-order valence-corrected chi connectivity index (χ1v) is 43.3. The third kappa shape index (κ3) is 11.8. The Hall–Kier alpha value is -13.7. The lowest BCUT2D eigenvalue weighted by Gasteiger charge is -2.27. The van der Waals surface area contributed by atoms with Crippen molar-refractivity contribution in [1.82, 2.24) is 0 Å². The zero-order valence-electron chi connectivity index (χ0n) is 62.9. The smallest absolute Gasteiger partial charge is 0.0467 e. The minimum atomic E-state index is -0.870. The molecule has 0 radical (unpaired) electrons. The molecule has 23 rings (SSSR count). The van der Waals surface area contributed by atoms with E-state index in [-0.39, 0.29) is 0 Å². The Morgan fingerprint density at radius 3 is 1.13 bits per heavy atom. The first-order valence-electron chi connectivity index (χ1n) is 39.6. The molecule has 0 aliphatic carbocycles. The highest BCUT2D eigenvalue weighted by Crippen LogP contribution is 2.64. The third-order valence-corrected chi connectivity index (χ3v) is 29.5. The maximum Gasteiger partial charge on any atom is 0.0467 e. The van der Waals surface area contributed by atoms with E-state index in [0.717, 1.165) is 45.3 Å². The fourth-order valence-electron chi connectivity index (χ4n) is 18.0. The van der Waals surface area contributed by atoms with Gasteiger partial charge in [-0.3, -0.25) is 0 Å². The zero-order chi connectivity index (χ0) is 76.3. The van der Waals surface area contributed by atoms with Crippen LogP contribution in [0.4, 0.5) is 34.1 Å². The van der Waals surface area contributed by atoms with Crippen LogP contribution in [0.3, 0.4) is 0 Å². The highest BCUT2D eigenvalue weighted by Gasteiger charge is 2.29. The number of thiophene rings is 3. The first kappa shape index (κ1) is 68.0. The van der Waals surface area contributed by atoms with Crippen molar-refractivity contribution in [2.75, 3.05) is 9.80 Å². The van der Waals surface area contributed by atoms with Gasteiger partial charge in [0.25, 0.3) is 0 Å². The van der Waals surface area contributed by atoms with Crippen LogP contribution in [0.25, 0.3) is 171 Å². The molecule has 19 aromatic carbocycles. The van der Waals surface area contributed by atoms with E-state index in [2.05, 4.69) is 428 Å². The minimum absolute atomic E-state index is 0.870. The Kier molecular flexibility index (Phi) is 16.5. The molecule has 3 aromatic heterocycles. The van der Waals surface area contributed by atoms with Gasteiger partial charge < -0.3 is 9.80 Å². The highest BCUT2D eigenvalue weighted by molar-refractivity contribution is 8.17. The van der Waals surface area contributed by atoms with Crippen LogP contribution in [0.15, 0.2) is 433 Å². The van der Waals surface area contributed by atoms with Gasteiger partial charge in [0.15, 0.2) is 0 Å². The predicted molar refractivity (Wildman–Crippen MR) is 503 cm³/mol. The molecule has 4 heterocycles. The van der Waals surface area contributed by atoms with Gasteiger partial charge in [-0.25, -0.2) is 0 Å². The van der Waals surface area contributed by atoms with Crippen molar-refractivity contribution >= 4 is 161 Å². The number of anilines is 6. The highest BCUT2D eigenvalue weighted by atomic mass is 32.2. The minimum Gasteiger partial charge on any atom is -0.310 e. The van der Waals surface area contributed by atoms with Crippen molar-refractivity contribution < 1.29 is 0 Å². The topological polar surface area (TPSA) is 6.48 Å². The molecule has 0 N–H and O–H groups in total. The summed E-state index contributed by atoms with van der Waals surface area (Å²) in [7, 11) is -0.870. The van der Waals surface area contributed by atoms with Crippen LogP contribution in [-0.4, -0.2) is 0 Å². The molecule has 1 atom stereocenters. The van der Waals surface area contributed by atoms with Crippen LogP contribution in [0, 0.1) is 0 Å². The normalized spacial score (nSPS) is 12.9. The number of thiol groups is 1. The molecule has 0 saturated carbocycles. The fourth-order valence-corrected chi connectivity index (χ4v) is 24.2. The number of fused-ring (bicyclic) bond motifs is 14. The molecule has 0 spiro atoms. The Morgan fingerprint density at radius 1 is 0.172 bits per heavy atom. The molecule has 1 aliphatic rings. The summed E-state index contributed by atoms with van der Waals surface area (Å²) in [6, 6.07) is 157. The zero-order valence-corrected chi connectivity index (χ0v) is 66.2. The van der Waals surface area contributed by atoms with E-state index in [4.69, 9.17) is 0 Å². The Morgan fingerprint density at radius 2 is 0.526 bits per heavy atom. The second kappa shape index (κ2) is 28.1. The van der Waals surface area contributed by atoms with Gasteiger partial charge in [-0.05, 0) is 255 Å². The van der Waals surface area contributed by atoms with Crippen molar-refractivity contribution in [2.24, 2.45) is 0 Å². The van der Waals surface area contributed by atoms with Gasteiger partial charge in [0.05, 0.1) is 0 Å². The molecule has 6 heteroatoms. The monoisotopic (exact) mass is 1550 g/mol. The van der Waals surface area contributed by atoms with Gasteiger partial charge in [0.2, 0.25) is 0 Å². The van der Waals surface area contributed by atoms with Gasteiger partial charge in [0, 0.05) is 104 Å².